The first kappa shape index (κ1) is 11.5. The van der Waals surface area contributed by atoms with Crippen LogP contribution in [0.5, 0.6) is 0 Å². The monoisotopic (exact) mass is 200 g/mol. The average Bonchev–Trinajstić information content (AvgIpc) is 2.10. The molecule has 1 aliphatic carbocycles. The molecule has 0 unspecified atom stereocenters. The van der Waals surface area contributed by atoms with Crippen LogP contribution in [0.4, 0.5) is 0 Å². The summed E-state index contributed by atoms with van der Waals surface area (Å²) < 4.78 is 4.83. The normalized spacial score (nSPS) is 16.4. The minimum atomic E-state index is 0.0568. The summed E-state index contributed by atoms with van der Waals surface area (Å²) in [5, 5.41) is 5.93. The Morgan fingerprint density at radius 2 is 2.29 bits per heavy atom. The molecule has 82 valence electrons. The summed E-state index contributed by atoms with van der Waals surface area (Å²) >= 11 is 0. The van der Waals surface area contributed by atoms with Crippen LogP contribution in [0.15, 0.2) is 0 Å². The number of carbonyl (C=O) groups excluding carboxylic acids is 1. The topological polar surface area (TPSA) is 50.4 Å². The van der Waals surface area contributed by atoms with Gasteiger partial charge in [-0.25, -0.2) is 0 Å². The molecule has 0 bridgehead atoms. The second kappa shape index (κ2) is 6.79. The summed E-state index contributed by atoms with van der Waals surface area (Å²) in [6.45, 7) is 2.59. The Labute approximate surface area is 85.4 Å². The fourth-order valence-electron chi connectivity index (χ4n) is 1.44. The maximum Gasteiger partial charge on any atom is 0.234 e. The lowest BCUT2D eigenvalue weighted by molar-refractivity contribution is -0.120. The fourth-order valence-corrected chi connectivity index (χ4v) is 1.44. The zero-order valence-electron chi connectivity index (χ0n) is 8.84. The molecular weight excluding hydrogens is 180 g/mol. The van der Waals surface area contributed by atoms with E-state index in [-0.39, 0.29) is 5.91 Å². The van der Waals surface area contributed by atoms with Gasteiger partial charge in [0.25, 0.3) is 0 Å². The van der Waals surface area contributed by atoms with Crippen molar-refractivity contribution >= 4 is 5.91 Å². The van der Waals surface area contributed by atoms with E-state index in [4.69, 9.17) is 4.74 Å². The largest absolute Gasteiger partial charge is 0.383 e. The molecule has 0 spiro atoms. The van der Waals surface area contributed by atoms with E-state index in [1.807, 2.05) is 0 Å². The third kappa shape index (κ3) is 4.58. The van der Waals surface area contributed by atoms with Gasteiger partial charge in [0.15, 0.2) is 0 Å². The standard InChI is InChI=1S/C10H20N2O2/c1-14-6-5-12-10(13)8-11-7-9-3-2-4-9/h9,11H,2-8H2,1H3,(H,12,13). The molecule has 1 aliphatic rings. The van der Waals surface area contributed by atoms with Crippen molar-refractivity contribution < 1.29 is 9.53 Å². The summed E-state index contributed by atoms with van der Waals surface area (Å²) in [6.07, 6.45) is 3.99. The Morgan fingerprint density at radius 3 is 2.86 bits per heavy atom. The Balaban J connectivity index is 1.86. The van der Waals surface area contributed by atoms with E-state index in [0.29, 0.717) is 19.7 Å². The number of rotatable bonds is 7. The first-order valence-electron chi connectivity index (χ1n) is 5.29. The third-order valence-corrected chi connectivity index (χ3v) is 2.57. The van der Waals surface area contributed by atoms with Gasteiger partial charge in [0.05, 0.1) is 13.2 Å². The zero-order chi connectivity index (χ0) is 10.2. The van der Waals surface area contributed by atoms with Crippen LogP contribution in [0.1, 0.15) is 19.3 Å². The van der Waals surface area contributed by atoms with Gasteiger partial charge in [-0.1, -0.05) is 6.42 Å². The highest BCUT2D eigenvalue weighted by molar-refractivity contribution is 5.77. The number of hydrogen-bond donors (Lipinski definition) is 2. The molecule has 0 aromatic heterocycles. The van der Waals surface area contributed by atoms with E-state index in [0.717, 1.165) is 12.5 Å². The lowest BCUT2D eigenvalue weighted by Crippen LogP contribution is -2.38. The average molecular weight is 200 g/mol. The molecule has 4 heteroatoms. The molecule has 0 radical (unpaired) electrons. The van der Waals surface area contributed by atoms with Gasteiger partial charge in [-0.3, -0.25) is 4.79 Å². The minimum absolute atomic E-state index is 0.0568. The van der Waals surface area contributed by atoms with Gasteiger partial charge >= 0.3 is 0 Å². The highest BCUT2D eigenvalue weighted by Gasteiger charge is 2.16. The number of ether oxygens (including phenoxy) is 1. The first-order valence-corrected chi connectivity index (χ1v) is 5.29. The van der Waals surface area contributed by atoms with Crippen LogP contribution < -0.4 is 10.6 Å². The van der Waals surface area contributed by atoms with Crippen molar-refractivity contribution in [3.63, 3.8) is 0 Å². The fraction of sp³-hybridized carbons (Fsp3) is 0.900. The Bertz CT molecular complexity index is 170. The molecule has 4 nitrogen and oxygen atoms in total. The van der Waals surface area contributed by atoms with E-state index in [1.165, 1.54) is 19.3 Å². The van der Waals surface area contributed by atoms with Gasteiger partial charge in [0.2, 0.25) is 5.91 Å². The Morgan fingerprint density at radius 1 is 1.50 bits per heavy atom. The first-order chi connectivity index (χ1) is 6.83. The van der Waals surface area contributed by atoms with Crippen molar-refractivity contribution in [2.45, 2.75) is 19.3 Å². The van der Waals surface area contributed by atoms with Crippen LogP contribution in [-0.2, 0) is 9.53 Å². The van der Waals surface area contributed by atoms with Crippen LogP contribution >= 0.6 is 0 Å². The second-order valence-corrected chi connectivity index (χ2v) is 3.77. The van der Waals surface area contributed by atoms with Gasteiger partial charge in [0.1, 0.15) is 0 Å². The van der Waals surface area contributed by atoms with Gasteiger partial charge in [0, 0.05) is 13.7 Å². The maximum atomic E-state index is 11.2. The molecule has 1 amide bonds. The second-order valence-electron chi connectivity index (χ2n) is 3.77. The van der Waals surface area contributed by atoms with Crippen LogP contribution in [-0.4, -0.2) is 39.3 Å². The number of nitrogens with one attached hydrogen (secondary N) is 2. The van der Waals surface area contributed by atoms with Crippen molar-refractivity contribution in [3.05, 3.63) is 0 Å². The van der Waals surface area contributed by atoms with Crippen LogP contribution in [0.25, 0.3) is 0 Å². The summed E-state index contributed by atoms with van der Waals surface area (Å²) in [7, 11) is 1.63. The number of methoxy groups -OCH3 is 1. The molecule has 1 fully saturated rings. The Kier molecular flexibility index (Phi) is 5.56. The molecular formula is C10H20N2O2. The van der Waals surface area contributed by atoms with E-state index in [2.05, 4.69) is 10.6 Å². The van der Waals surface area contributed by atoms with Gasteiger partial charge in [-0.15, -0.1) is 0 Å². The summed E-state index contributed by atoms with van der Waals surface area (Å²) in [5.74, 6) is 0.864. The van der Waals surface area contributed by atoms with Gasteiger partial charge in [-0.2, -0.15) is 0 Å². The highest BCUT2D eigenvalue weighted by Crippen LogP contribution is 2.24. The SMILES string of the molecule is COCCNC(=O)CNCC1CCC1. The zero-order valence-corrected chi connectivity index (χ0v) is 8.84. The minimum Gasteiger partial charge on any atom is -0.383 e. The van der Waals surface area contributed by atoms with Crippen molar-refractivity contribution in [1.29, 1.82) is 0 Å². The molecule has 1 saturated carbocycles. The smallest absolute Gasteiger partial charge is 0.234 e. The van der Waals surface area contributed by atoms with E-state index in [1.54, 1.807) is 7.11 Å². The van der Waals surface area contributed by atoms with Crippen molar-refractivity contribution in [2.24, 2.45) is 5.92 Å². The molecule has 0 saturated heterocycles. The quantitative estimate of drug-likeness (QED) is 0.575. The maximum absolute atomic E-state index is 11.2. The molecule has 1 rings (SSSR count). The van der Waals surface area contributed by atoms with Crippen LogP contribution in [0, 0.1) is 5.92 Å². The van der Waals surface area contributed by atoms with Crippen molar-refractivity contribution in [3.8, 4) is 0 Å². The molecule has 0 aromatic carbocycles. The van der Waals surface area contributed by atoms with Gasteiger partial charge in [-0.05, 0) is 25.3 Å². The van der Waals surface area contributed by atoms with E-state index >= 15 is 0 Å². The molecule has 0 aliphatic heterocycles. The predicted octanol–water partition coefficient (Wildman–Crippen LogP) is 0.139. The molecule has 0 heterocycles. The Hall–Kier alpha value is -0.610. The molecule has 2 N–H and O–H groups in total. The number of carbonyl (C=O) groups is 1. The lowest BCUT2D eigenvalue weighted by atomic mass is 9.85. The number of amides is 1. The molecule has 0 aromatic rings. The summed E-state index contributed by atoms with van der Waals surface area (Å²) in [6, 6.07) is 0. The van der Waals surface area contributed by atoms with Crippen LogP contribution in [0.3, 0.4) is 0 Å². The summed E-state index contributed by atoms with van der Waals surface area (Å²) in [5.41, 5.74) is 0. The lowest BCUT2D eigenvalue weighted by Gasteiger charge is -2.25. The van der Waals surface area contributed by atoms with E-state index < -0.39 is 0 Å². The van der Waals surface area contributed by atoms with Crippen LogP contribution in [0.2, 0.25) is 0 Å². The summed E-state index contributed by atoms with van der Waals surface area (Å²) in [4.78, 5) is 11.2. The van der Waals surface area contributed by atoms with E-state index in [9.17, 15) is 4.79 Å². The van der Waals surface area contributed by atoms with Gasteiger partial charge < -0.3 is 15.4 Å². The highest BCUT2D eigenvalue weighted by atomic mass is 16.5. The molecule has 0 atom stereocenters. The number of hydrogen-bond acceptors (Lipinski definition) is 3. The van der Waals surface area contributed by atoms with Crippen molar-refractivity contribution in [1.82, 2.24) is 10.6 Å². The predicted molar refractivity (Wildman–Crippen MR) is 55.1 cm³/mol. The molecule has 14 heavy (non-hydrogen) atoms. The third-order valence-electron chi connectivity index (χ3n) is 2.57. The van der Waals surface area contributed by atoms with Crippen molar-refractivity contribution in [2.75, 3.05) is 33.4 Å².